The van der Waals surface area contributed by atoms with Crippen molar-refractivity contribution in [3.05, 3.63) is 53.3 Å². The Bertz CT molecular complexity index is 582. The molecule has 0 amide bonds. The first-order valence-electron chi connectivity index (χ1n) is 6.03. The van der Waals surface area contributed by atoms with Crippen molar-refractivity contribution in [3.8, 4) is 5.69 Å². The minimum absolute atomic E-state index is 0.355. The van der Waals surface area contributed by atoms with Crippen LogP contribution in [0.1, 0.15) is 41.4 Å². The zero-order chi connectivity index (χ0) is 13.3. The van der Waals surface area contributed by atoms with Gasteiger partial charge in [-0.15, -0.1) is 0 Å². The number of hydrogen-bond donors (Lipinski definition) is 1. The van der Waals surface area contributed by atoms with Gasteiger partial charge in [0.25, 0.3) is 0 Å². The highest BCUT2D eigenvalue weighted by Gasteiger charge is 2.14. The van der Waals surface area contributed by atoms with Gasteiger partial charge in [0.05, 0.1) is 5.56 Å². The molecule has 0 radical (unpaired) electrons. The quantitative estimate of drug-likeness (QED) is 0.894. The van der Waals surface area contributed by atoms with Gasteiger partial charge in [-0.25, -0.2) is 4.79 Å². The van der Waals surface area contributed by atoms with E-state index in [4.69, 9.17) is 5.11 Å². The van der Waals surface area contributed by atoms with Gasteiger partial charge in [0.2, 0.25) is 0 Å². The summed E-state index contributed by atoms with van der Waals surface area (Å²) in [4.78, 5) is 11.1. The maximum Gasteiger partial charge on any atom is 0.337 e. The number of nitrogens with zero attached hydrogens (tertiary/aromatic N) is 1. The Morgan fingerprint density at radius 2 is 1.89 bits per heavy atom. The van der Waals surface area contributed by atoms with E-state index in [9.17, 15) is 4.79 Å². The van der Waals surface area contributed by atoms with E-state index in [1.807, 2.05) is 35.9 Å². The summed E-state index contributed by atoms with van der Waals surface area (Å²) in [6.07, 6.45) is 1.82. The second-order valence-electron chi connectivity index (χ2n) is 4.70. The summed E-state index contributed by atoms with van der Waals surface area (Å²) in [5, 5.41) is 9.09. The van der Waals surface area contributed by atoms with Gasteiger partial charge in [-0.2, -0.15) is 0 Å². The van der Waals surface area contributed by atoms with E-state index in [0.29, 0.717) is 11.5 Å². The Balaban J connectivity index is 2.59. The molecule has 0 aliphatic rings. The van der Waals surface area contributed by atoms with Gasteiger partial charge in [-0.3, -0.25) is 0 Å². The summed E-state index contributed by atoms with van der Waals surface area (Å²) in [5.74, 6) is -0.482. The fraction of sp³-hybridized carbons (Fsp3) is 0.267. The molecule has 2 rings (SSSR count). The molecule has 1 aromatic heterocycles. The topological polar surface area (TPSA) is 42.2 Å². The molecule has 0 unspecified atom stereocenters. The van der Waals surface area contributed by atoms with Crippen LogP contribution in [0.15, 0.2) is 36.5 Å². The molecule has 3 nitrogen and oxygen atoms in total. The highest BCUT2D eigenvalue weighted by Crippen LogP contribution is 2.25. The van der Waals surface area contributed by atoms with Gasteiger partial charge in [-0.1, -0.05) is 32.0 Å². The molecule has 3 heteroatoms. The summed E-state index contributed by atoms with van der Waals surface area (Å²) in [6.45, 7) is 6.10. The highest BCUT2D eigenvalue weighted by atomic mass is 16.4. The molecule has 0 aliphatic carbocycles. The molecule has 0 atom stereocenters. The predicted octanol–water partition coefficient (Wildman–Crippen LogP) is 3.61. The lowest BCUT2D eigenvalue weighted by Gasteiger charge is -2.15. The molecule has 0 fully saturated rings. The number of hydrogen-bond acceptors (Lipinski definition) is 1. The maximum atomic E-state index is 11.1. The third-order valence-corrected chi connectivity index (χ3v) is 3.19. The number of para-hydroxylation sites is 1. The molecule has 0 saturated carbocycles. The summed E-state index contributed by atoms with van der Waals surface area (Å²) < 4.78 is 1.94. The molecule has 1 aromatic carbocycles. The van der Waals surface area contributed by atoms with Crippen LogP contribution < -0.4 is 0 Å². The second-order valence-corrected chi connectivity index (χ2v) is 4.70. The second kappa shape index (κ2) is 4.69. The number of rotatable bonds is 3. The third kappa shape index (κ3) is 2.04. The number of aromatic nitrogens is 1. The van der Waals surface area contributed by atoms with Crippen molar-refractivity contribution in [1.82, 2.24) is 4.57 Å². The first-order chi connectivity index (χ1) is 8.52. The van der Waals surface area contributed by atoms with Crippen LogP contribution >= 0.6 is 0 Å². The molecule has 1 N–H and O–H groups in total. The van der Waals surface area contributed by atoms with Crippen LogP contribution in [0.3, 0.4) is 0 Å². The number of carboxylic acids is 1. The molecule has 1 heterocycles. The van der Waals surface area contributed by atoms with Crippen molar-refractivity contribution >= 4 is 5.97 Å². The lowest BCUT2D eigenvalue weighted by molar-refractivity contribution is 0.0696. The van der Waals surface area contributed by atoms with Gasteiger partial charge in [0, 0.05) is 17.6 Å². The van der Waals surface area contributed by atoms with Crippen LogP contribution in [0.5, 0.6) is 0 Å². The monoisotopic (exact) mass is 243 g/mol. The van der Waals surface area contributed by atoms with Crippen molar-refractivity contribution in [1.29, 1.82) is 0 Å². The standard InChI is InChI=1S/C15H17NO2/c1-10(2)12-6-4-5-7-14(12)16-9-8-13(11(16)3)15(17)18/h4-10H,1-3H3,(H,17,18). The largest absolute Gasteiger partial charge is 0.478 e. The number of carbonyl (C=O) groups is 1. The van der Waals surface area contributed by atoms with Gasteiger partial charge in [-0.05, 0) is 30.5 Å². The molecule has 0 aliphatic heterocycles. The zero-order valence-corrected chi connectivity index (χ0v) is 10.8. The van der Waals surface area contributed by atoms with Crippen molar-refractivity contribution in [2.24, 2.45) is 0 Å². The van der Waals surface area contributed by atoms with Crippen molar-refractivity contribution in [2.45, 2.75) is 26.7 Å². The number of aromatic carboxylic acids is 1. The van der Waals surface area contributed by atoms with Crippen molar-refractivity contribution < 1.29 is 9.90 Å². The first kappa shape index (κ1) is 12.4. The molecule has 0 bridgehead atoms. The number of carboxylic acid groups (broad SMARTS) is 1. The van der Waals surface area contributed by atoms with Crippen LogP contribution in [0.2, 0.25) is 0 Å². The smallest absolute Gasteiger partial charge is 0.337 e. The van der Waals surface area contributed by atoms with E-state index in [0.717, 1.165) is 11.4 Å². The molecule has 0 spiro atoms. The summed E-state index contributed by atoms with van der Waals surface area (Å²) in [7, 11) is 0. The Hall–Kier alpha value is -2.03. The lowest BCUT2D eigenvalue weighted by Crippen LogP contribution is -2.04. The van der Waals surface area contributed by atoms with E-state index in [1.54, 1.807) is 6.07 Å². The Morgan fingerprint density at radius 1 is 1.22 bits per heavy atom. The first-order valence-corrected chi connectivity index (χ1v) is 6.03. The molecular formula is C15H17NO2. The summed E-state index contributed by atoms with van der Waals surface area (Å²) in [5.41, 5.74) is 3.38. The van der Waals surface area contributed by atoms with E-state index in [1.165, 1.54) is 5.56 Å². The van der Waals surface area contributed by atoms with Crippen LogP contribution in [-0.2, 0) is 0 Å². The van der Waals surface area contributed by atoms with E-state index < -0.39 is 5.97 Å². The molecule has 18 heavy (non-hydrogen) atoms. The minimum Gasteiger partial charge on any atom is -0.478 e. The molecule has 0 saturated heterocycles. The average Bonchev–Trinajstić information content (AvgIpc) is 2.71. The summed E-state index contributed by atoms with van der Waals surface area (Å²) in [6, 6.07) is 9.74. The van der Waals surface area contributed by atoms with Crippen LogP contribution in [0.4, 0.5) is 0 Å². The zero-order valence-electron chi connectivity index (χ0n) is 10.8. The predicted molar refractivity (Wildman–Crippen MR) is 71.6 cm³/mol. The maximum absolute atomic E-state index is 11.1. The molecular weight excluding hydrogens is 226 g/mol. The van der Waals surface area contributed by atoms with E-state index in [-0.39, 0.29) is 0 Å². The summed E-state index contributed by atoms with van der Waals surface area (Å²) >= 11 is 0. The normalized spacial score (nSPS) is 10.9. The third-order valence-electron chi connectivity index (χ3n) is 3.19. The average molecular weight is 243 g/mol. The highest BCUT2D eigenvalue weighted by molar-refractivity contribution is 5.89. The number of benzene rings is 1. The van der Waals surface area contributed by atoms with Crippen molar-refractivity contribution in [2.75, 3.05) is 0 Å². The fourth-order valence-corrected chi connectivity index (χ4v) is 2.19. The minimum atomic E-state index is -0.881. The fourth-order valence-electron chi connectivity index (χ4n) is 2.19. The lowest BCUT2D eigenvalue weighted by atomic mass is 10.0. The van der Waals surface area contributed by atoms with Crippen molar-refractivity contribution in [3.63, 3.8) is 0 Å². The molecule has 94 valence electrons. The molecule has 2 aromatic rings. The van der Waals surface area contributed by atoms with Gasteiger partial charge < -0.3 is 9.67 Å². The van der Waals surface area contributed by atoms with E-state index >= 15 is 0 Å². The van der Waals surface area contributed by atoms with Crippen LogP contribution in [-0.4, -0.2) is 15.6 Å². The Kier molecular flexibility index (Phi) is 3.24. The van der Waals surface area contributed by atoms with Crippen LogP contribution in [0.25, 0.3) is 5.69 Å². The van der Waals surface area contributed by atoms with E-state index in [2.05, 4.69) is 19.9 Å². The van der Waals surface area contributed by atoms with Crippen LogP contribution in [0, 0.1) is 6.92 Å². The van der Waals surface area contributed by atoms with Gasteiger partial charge >= 0.3 is 5.97 Å². The Morgan fingerprint density at radius 3 is 2.44 bits per heavy atom. The Labute approximate surface area is 107 Å². The van der Waals surface area contributed by atoms with Gasteiger partial charge in [0.1, 0.15) is 0 Å². The SMILES string of the molecule is Cc1c(C(=O)O)ccn1-c1ccccc1C(C)C. The van der Waals surface area contributed by atoms with Gasteiger partial charge in [0.15, 0.2) is 0 Å².